The molecule has 0 bridgehead atoms. The molecular formula is C22H33N3O6. The van der Waals surface area contributed by atoms with Crippen LogP contribution in [0.2, 0.25) is 0 Å². The first-order valence-corrected chi connectivity index (χ1v) is 10.3. The number of ether oxygens (including phenoxy) is 4. The van der Waals surface area contributed by atoms with Gasteiger partial charge in [-0.3, -0.25) is 0 Å². The van der Waals surface area contributed by atoms with E-state index < -0.39 is 11.7 Å². The number of hydrogen-bond donors (Lipinski definition) is 1. The summed E-state index contributed by atoms with van der Waals surface area (Å²) < 4.78 is 21.1. The van der Waals surface area contributed by atoms with Crippen LogP contribution in [-0.2, 0) is 25.6 Å². The maximum Gasteiger partial charge on any atom is 0.428 e. The number of rotatable bonds is 9. The second-order valence-corrected chi connectivity index (χ2v) is 8.30. The first-order chi connectivity index (χ1) is 14.7. The number of hydrazone groups is 1. The van der Waals surface area contributed by atoms with E-state index in [0.717, 1.165) is 11.3 Å². The zero-order chi connectivity index (χ0) is 22.9. The van der Waals surface area contributed by atoms with E-state index in [1.165, 1.54) is 0 Å². The number of carbonyl (C=O) groups excluding carboxylic acids is 2. The smallest absolute Gasteiger partial charge is 0.428 e. The van der Waals surface area contributed by atoms with Gasteiger partial charge >= 0.3 is 12.2 Å². The monoisotopic (exact) mass is 435 g/mol. The number of methoxy groups -OCH3 is 2. The lowest BCUT2D eigenvalue weighted by Crippen LogP contribution is -2.53. The molecule has 0 aliphatic carbocycles. The van der Waals surface area contributed by atoms with Crippen molar-refractivity contribution < 1.29 is 28.5 Å². The van der Waals surface area contributed by atoms with Gasteiger partial charge in [-0.05, 0) is 32.8 Å². The van der Waals surface area contributed by atoms with Crippen molar-refractivity contribution in [2.45, 2.75) is 52.1 Å². The third kappa shape index (κ3) is 8.55. The Morgan fingerprint density at radius 2 is 1.81 bits per heavy atom. The Kier molecular flexibility index (Phi) is 9.26. The van der Waals surface area contributed by atoms with E-state index in [1.807, 2.05) is 30.3 Å². The van der Waals surface area contributed by atoms with Gasteiger partial charge in [-0.2, -0.15) is 5.10 Å². The van der Waals surface area contributed by atoms with Crippen molar-refractivity contribution in [3.63, 3.8) is 0 Å². The van der Waals surface area contributed by atoms with Crippen molar-refractivity contribution in [2.24, 2.45) is 11.0 Å². The highest BCUT2D eigenvalue weighted by atomic mass is 16.7. The average molecular weight is 436 g/mol. The number of nitrogens with one attached hydrogen (secondary N) is 1. The molecule has 0 aromatic heterocycles. The van der Waals surface area contributed by atoms with E-state index in [9.17, 15) is 9.59 Å². The molecule has 31 heavy (non-hydrogen) atoms. The number of amides is 2. The number of likely N-dealkylation sites (tertiary alicyclic amines) is 1. The van der Waals surface area contributed by atoms with E-state index in [-0.39, 0.29) is 24.9 Å². The van der Waals surface area contributed by atoms with E-state index >= 15 is 0 Å². The molecular weight excluding hydrogens is 402 g/mol. The van der Waals surface area contributed by atoms with Crippen LogP contribution in [0.5, 0.6) is 0 Å². The molecule has 1 aromatic rings. The fourth-order valence-electron chi connectivity index (χ4n) is 3.02. The Morgan fingerprint density at radius 3 is 2.39 bits per heavy atom. The summed E-state index contributed by atoms with van der Waals surface area (Å²) >= 11 is 0. The normalized spacial score (nSPS) is 14.9. The summed E-state index contributed by atoms with van der Waals surface area (Å²) in [4.78, 5) is 25.9. The van der Waals surface area contributed by atoms with Crippen molar-refractivity contribution in [3.05, 3.63) is 35.9 Å². The molecule has 0 spiro atoms. The lowest BCUT2D eigenvalue weighted by Gasteiger charge is -2.39. The maximum absolute atomic E-state index is 12.3. The van der Waals surface area contributed by atoms with Gasteiger partial charge in [0.15, 0.2) is 6.29 Å². The van der Waals surface area contributed by atoms with Gasteiger partial charge in [0, 0.05) is 45.4 Å². The fourth-order valence-corrected chi connectivity index (χ4v) is 3.02. The van der Waals surface area contributed by atoms with Gasteiger partial charge in [0.1, 0.15) is 12.2 Å². The fraction of sp³-hybridized carbons (Fsp3) is 0.591. The van der Waals surface area contributed by atoms with Crippen molar-refractivity contribution in [2.75, 3.05) is 27.3 Å². The minimum absolute atomic E-state index is 0.00794. The molecule has 2 amide bonds. The molecule has 1 aliphatic heterocycles. The van der Waals surface area contributed by atoms with E-state index in [0.29, 0.717) is 25.9 Å². The zero-order valence-electron chi connectivity index (χ0n) is 18.9. The summed E-state index contributed by atoms with van der Waals surface area (Å²) in [6, 6.07) is 9.52. The minimum Gasteiger partial charge on any atom is -0.445 e. The lowest BCUT2D eigenvalue weighted by molar-refractivity contribution is -0.105. The molecule has 1 aromatic carbocycles. The highest BCUT2D eigenvalue weighted by molar-refractivity contribution is 5.90. The first-order valence-electron chi connectivity index (χ1n) is 10.3. The van der Waals surface area contributed by atoms with Crippen LogP contribution in [0.1, 0.15) is 39.2 Å². The van der Waals surface area contributed by atoms with Crippen LogP contribution < -0.4 is 5.43 Å². The molecule has 0 saturated carbocycles. The Bertz CT molecular complexity index is 737. The lowest BCUT2D eigenvalue weighted by atomic mass is 9.92. The number of benzene rings is 1. The Labute approximate surface area is 183 Å². The minimum atomic E-state index is -0.626. The number of hydrogen-bond acceptors (Lipinski definition) is 7. The van der Waals surface area contributed by atoms with Gasteiger partial charge in [0.2, 0.25) is 0 Å². The summed E-state index contributed by atoms with van der Waals surface area (Å²) in [6.45, 7) is 6.50. The number of nitrogens with zero attached hydrogens (tertiary/aromatic N) is 2. The molecule has 9 heteroatoms. The van der Waals surface area contributed by atoms with Gasteiger partial charge in [0.05, 0.1) is 0 Å². The van der Waals surface area contributed by atoms with Gasteiger partial charge in [-0.1, -0.05) is 30.3 Å². The quantitative estimate of drug-likeness (QED) is 0.362. The third-order valence-electron chi connectivity index (χ3n) is 4.67. The summed E-state index contributed by atoms with van der Waals surface area (Å²) in [5.74, 6) is 0.00794. The van der Waals surface area contributed by atoms with Gasteiger partial charge in [0.25, 0.3) is 0 Å². The van der Waals surface area contributed by atoms with Crippen molar-refractivity contribution >= 4 is 17.9 Å². The Balaban J connectivity index is 1.90. The molecule has 1 saturated heterocycles. The predicted octanol–water partition coefficient (Wildman–Crippen LogP) is 3.53. The van der Waals surface area contributed by atoms with Gasteiger partial charge < -0.3 is 23.8 Å². The Hall–Kier alpha value is -2.65. The molecule has 0 unspecified atom stereocenters. The van der Waals surface area contributed by atoms with Crippen LogP contribution in [0, 0.1) is 5.92 Å². The van der Waals surface area contributed by atoms with Crippen LogP contribution in [-0.4, -0.2) is 62.0 Å². The van der Waals surface area contributed by atoms with Gasteiger partial charge in [-0.15, -0.1) is 0 Å². The molecule has 0 radical (unpaired) electrons. The molecule has 0 atom stereocenters. The summed E-state index contributed by atoms with van der Waals surface area (Å²) in [7, 11) is 3.13. The van der Waals surface area contributed by atoms with Crippen molar-refractivity contribution in [3.8, 4) is 0 Å². The molecule has 1 fully saturated rings. The average Bonchev–Trinajstić information content (AvgIpc) is 2.69. The maximum atomic E-state index is 12.3. The van der Waals surface area contributed by atoms with Crippen LogP contribution in [0.3, 0.4) is 0 Å². The summed E-state index contributed by atoms with van der Waals surface area (Å²) in [6.07, 6.45) is -0.264. The highest BCUT2D eigenvalue weighted by Gasteiger charge is 2.35. The first kappa shape index (κ1) is 24.6. The van der Waals surface area contributed by atoms with Crippen molar-refractivity contribution in [1.82, 2.24) is 10.3 Å². The topological polar surface area (TPSA) is 98.7 Å². The highest BCUT2D eigenvalue weighted by Crippen LogP contribution is 2.22. The second kappa shape index (κ2) is 11.7. The molecule has 172 valence electrons. The SMILES string of the molecule is COC(CCC(=NNC(=O)OC(C)(C)C)C1CN(C(=O)OCc2ccccc2)C1)OC. The zero-order valence-corrected chi connectivity index (χ0v) is 18.9. The summed E-state index contributed by atoms with van der Waals surface area (Å²) in [5, 5.41) is 4.26. The van der Waals surface area contributed by atoms with E-state index in [4.69, 9.17) is 18.9 Å². The molecule has 2 rings (SSSR count). The number of carbonyl (C=O) groups is 2. The standard InChI is InChI=1S/C22H33N3O6/c1-22(2,3)31-20(26)24-23-18(11-12-19(28-4)29-5)17-13-25(14-17)21(27)30-15-16-9-7-6-8-10-16/h6-10,17,19H,11-15H2,1-5H3,(H,24,26). The predicted molar refractivity (Wildman–Crippen MR) is 116 cm³/mol. The Morgan fingerprint density at radius 1 is 1.16 bits per heavy atom. The van der Waals surface area contributed by atoms with Crippen LogP contribution >= 0.6 is 0 Å². The summed E-state index contributed by atoms with van der Waals surface area (Å²) in [5.41, 5.74) is 3.51. The van der Waals surface area contributed by atoms with Crippen molar-refractivity contribution in [1.29, 1.82) is 0 Å². The van der Waals surface area contributed by atoms with Crippen LogP contribution in [0.15, 0.2) is 35.4 Å². The molecule has 1 aliphatic rings. The largest absolute Gasteiger partial charge is 0.445 e. The molecule has 9 nitrogen and oxygen atoms in total. The van der Waals surface area contributed by atoms with Crippen LogP contribution in [0.4, 0.5) is 9.59 Å². The third-order valence-corrected chi connectivity index (χ3v) is 4.67. The molecule has 1 heterocycles. The van der Waals surface area contributed by atoms with E-state index in [2.05, 4.69) is 10.5 Å². The second-order valence-electron chi connectivity index (χ2n) is 8.30. The van der Waals surface area contributed by atoms with Crippen LogP contribution in [0.25, 0.3) is 0 Å². The van der Waals surface area contributed by atoms with Gasteiger partial charge in [-0.25, -0.2) is 15.0 Å². The molecule has 1 N–H and O–H groups in total. The van der Waals surface area contributed by atoms with E-state index in [1.54, 1.807) is 39.9 Å².